The number of nitrogens with zero attached hydrogens (tertiary/aromatic N) is 3. The minimum atomic E-state index is -0.796. The maximum Gasteiger partial charge on any atom is 0.367 e. The Bertz CT molecular complexity index is 743. The van der Waals surface area contributed by atoms with Crippen LogP contribution in [0.15, 0.2) is 30.5 Å². The first-order chi connectivity index (χ1) is 10.0. The Hall–Kier alpha value is -2.96. The number of fused-ring (bicyclic) bond motifs is 1. The molecule has 1 aliphatic rings. The summed E-state index contributed by atoms with van der Waals surface area (Å²) in [6, 6.07) is 6.30. The van der Waals surface area contributed by atoms with Gasteiger partial charge in [0.2, 0.25) is 0 Å². The maximum atomic E-state index is 12.1. The zero-order chi connectivity index (χ0) is 15.1. The van der Waals surface area contributed by atoms with Gasteiger partial charge in [0.15, 0.2) is 0 Å². The molecule has 3 rings (SSSR count). The number of rotatable bonds is 2. The molecule has 0 saturated heterocycles. The standard InChI is InChI=1S/C14H11N3O4/c1-8-11(7-15-16(8)2)14(20)21-17-12(18)9-5-3-4-6-10(9)13(17)19/h3-7H,1-2H3. The number of imide groups is 1. The van der Waals surface area contributed by atoms with E-state index in [0.29, 0.717) is 10.8 Å². The van der Waals surface area contributed by atoms with E-state index in [2.05, 4.69) is 5.10 Å². The monoisotopic (exact) mass is 285 g/mol. The molecule has 0 bridgehead atoms. The van der Waals surface area contributed by atoms with Crippen molar-refractivity contribution in [3.8, 4) is 0 Å². The molecule has 0 N–H and O–H groups in total. The van der Waals surface area contributed by atoms with E-state index in [1.165, 1.54) is 23.0 Å². The van der Waals surface area contributed by atoms with E-state index in [0.717, 1.165) is 0 Å². The second kappa shape index (κ2) is 4.55. The first-order valence-electron chi connectivity index (χ1n) is 6.19. The second-order valence-electron chi connectivity index (χ2n) is 4.60. The van der Waals surface area contributed by atoms with E-state index < -0.39 is 17.8 Å². The normalized spacial score (nSPS) is 13.5. The predicted molar refractivity (Wildman–Crippen MR) is 70.3 cm³/mol. The molecule has 0 atom stereocenters. The fraction of sp³-hybridized carbons (Fsp3) is 0.143. The lowest BCUT2D eigenvalue weighted by atomic mass is 10.1. The number of carbonyl (C=O) groups is 3. The van der Waals surface area contributed by atoms with Gasteiger partial charge >= 0.3 is 5.97 Å². The van der Waals surface area contributed by atoms with Crippen LogP contribution in [0, 0.1) is 6.92 Å². The van der Waals surface area contributed by atoms with Gasteiger partial charge in [0.1, 0.15) is 5.56 Å². The van der Waals surface area contributed by atoms with Crippen molar-refractivity contribution in [2.75, 3.05) is 0 Å². The highest BCUT2D eigenvalue weighted by Gasteiger charge is 2.39. The Morgan fingerprint density at radius 3 is 2.19 bits per heavy atom. The molecular weight excluding hydrogens is 274 g/mol. The van der Waals surface area contributed by atoms with Gasteiger partial charge in [-0.1, -0.05) is 17.2 Å². The number of aryl methyl sites for hydroxylation is 1. The lowest BCUT2D eigenvalue weighted by molar-refractivity contribution is -0.0585. The summed E-state index contributed by atoms with van der Waals surface area (Å²) in [6.45, 7) is 1.69. The van der Waals surface area contributed by atoms with E-state index in [9.17, 15) is 14.4 Å². The van der Waals surface area contributed by atoms with Gasteiger partial charge in [0.05, 0.1) is 17.3 Å². The van der Waals surface area contributed by atoms with Gasteiger partial charge in [-0.2, -0.15) is 5.10 Å². The van der Waals surface area contributed by atoms with Crippen LogP contribution in [0.3, 0.4) is 0 Å². The zero-order valence-electron chi connectivity index (χ0n) is 11.4. The van der Waals surface area contributed by atoms with Crippen molar-refractivity contribution in [3.05, 3.63) is 52.8 Å². The van der Waals surface area contributed by atoms with Crippen LogP contribution in [0.1, 0.15) is 36.8 Å². The summed E-state index contributed by atoms with van der Waals surface area (Å²) in [4.78, 5) is 41.1. The quantitative estimate of drug-likeness (QED) is 0.772. The molecule has 2 heterocycles. The Morgan fingerprint density at radius 2 is 1.71 bits per heavy atom. The third-order valence-electron chi connectivity index (χ3n) is 3.39. The van der Waals surface area contributed by atoms with Gasteiger partial charge in [-0.05, 0) is 19.1 Å². The van der Waals surface area contributed by atoms with Crippen molar-refractivity contribution in [1.29, 1.82) is 0 Å². The molecule has 0 radical (unpaired) electrons. The molecule has 21 heavy (non-hydrogen) atoms. The minimum absolute atomic E-state index is 0.203. The van der Waals surface area contributed by atoms with Crippen LogP contribution in [0.4, 0.5) is 0 Å². The summed E-state index contributed by atoms with van der Waals surface area (Å²) in [5.74, 6) is -2.09. The Kier molecular flexibility index (Phi) is 2.83. The molecule has 0 unspecified atom stereocenters. The number of hydrogen-bond donors (Lipinski definition) is 0. The molecule has 7 nitrogen and oxygen atoms in total. The summed E-state index contributed by atoms with van der Waals surface area (Å²) in [7, 11) is 1.67. The topological polar surface area (TPSA) is 81.5 Å². The van der Waals surface area contributed by atoms with Gasteiger partial charge in [-0.15, -0.1) is 0 Å². The van der Waals surface area contributed by atoms with Crippen LogP contribution in [0.5, 0.6) is 0 Å². The van der Waals surface area contributed by atoms with E-state index in [1.807, 2.05) is 0 Å². The SMILES string of the molecule is Cc1c(C(=O)ON2C(=O)c3ccccc3C2=O)cnn1C. The molecule has 2 amide bonds. The third-order valence-corrected chi connectivity index (χ3v) is 3.39. The average Bonchev–Trinajstić information content (AvgIpc) is 2.93. The van der Waals surface area contributed by atoms with Gasteiger partial charge in [-0.3, -0.25) is 14.3 Å². The van der Waals surface area contributed by atoms with Crippen molar-refractivity contribution in [2.45, 2.75) is 6.92 Å². The third kappa shape index (κ3) is 1.90. The van der Waals surface area contributed by atoms with Crippen LogP contribution < -0.4 is 0 Å². The van der Waals surface area contributed by atoms with Crippen LogP contribution in [0.25, 0.3) is 0 Å². The van der Waals surface area contributed by atoms with Crippen molar-refractivity contribution < 1.29 is 19.2 Å². The number of hydrogen-bond acceptors (Lipinski definition) is 5. The number of amides is 2. The average molecular weight is 285 g/mol. The highest BCUT2D eigenvalue weighted by atomic mass is 16.7. The van der Waals surface area contributed by atoms with Crippen LogP contribution in [0.2, 0.25) is 0 Å². The highest BCUT2D eigenvalue weighted by Crippen LogP contribution is 2.23. The Morgan fingerprint density at radius 1 is 1.14 bits per heavy atom. The lowest BCUT2D eigenvalue weighted by Crippen LogP contribution is -2.32. The first kappa shape index (κ1) is 13.0. The summed E-state index contributed by atoms with van der Waals surface area (Å²) in [5, 5.41) is 4.40. The number of benzene rings is 1. The molecule has 0 fully saturated rings. The van der Waals surface area contributed by atoms with E-state index in [-0.39, 0.29) is 16.7 Å². The van der Waals surface area contributed by atoms with Crippen molar-refractivity contribution in [1.82, 2.24) is 14.8 Å². The maximum absolute atomic E-state index is 12.1. The van der Waals surface area contributed by atoms with Crippen LogP contribution in [-0.4, -0.2) is 32.6 Å². The number of hydroxylamine groups is 2. The Labute approximate surface area is 119 Å². The minimum Gasteiger partial charge on any atom is -0.324 e. The predicted octanol–water partition coefficient (Wildman–Crippen LogP) is 1.10. The van der Waals surface area contributed by atoms with Crippen molar-refractivity contribution >= 4 is 17.8 Å². The summed E-state index contributed by atoms with van der Waals surface area (Å²) < 4.78 is 1.50. The molecule has 0 spiro atoms. The Balaban J connectivity index is 1.87. The van der Waals surface area contributed by atoms with E-state index in [4.69, 9.17) is 4.84 Å². The molecule has 2 aromatic rings. The number of aromatic nitrogens is 2. The van der Waals surface area contributed by atoms with Crippen LogP contribution in [-0.2, 0) is 11.9 Å². The fourth-order valence-corrected chi connectivity index (χ4v) is 2.08. The molecule has 7 heteroatoms. The number of carbonyl (C=O) groups excluding carboxylic acids is 3. The molecule has 0 saturated carbocycles. The second-order valence-corrected chi connectivity index (χ2v) is 4.60. The smallest absolute Gasteiger partial charge is 0.324 e. The zero-order valence-corrected chi connectivity index (χ0v) is 11.4. The largest absolute Gasteiger partial charge is 0.367 e. The lowest BCUT2D eigenvalue weighted by Gasteiger charge is -2.12. The summed E-state index contributed by atoms with van der Waals surface area (Å²) in [5.41, 5.74) is 1.22. The van der Waals surface area contributed by atoms with E-state index in [1.54, 1.807) is 26.1 Å². The van der Waals surface area contributed by atoms with Gasteiger partial charge in [0, 0.05) is 12.7 Å². The van der Waals surface area contributed by atoms with E-state index >= 15 is 0 Å². The molecule has 1 aromatic heterocycles. The van der Waals surface area contributed by atoms with Gasteiger partial charge < -0.3 is 4.84 Å². The molecular formula is C14H11N3O4. The summed E-state index contributed by atoms with van der Waals surface area (Å²) in [6.07, 6.45) is 1.33. The van der Waals surface area contributed by atoms with Crippen molar-refractivity contribution in [2.24, 2.45) is 7.05 Å². The molecule has 106 valence electrons. The van der Waals surface area contributed by atoms with Gasteiger partial charge in [0.25, 0.3) is 11.8 Å². The highest BCUT2D eigenvalue weighted by molar-refractivity contribution is 6.21. The summed E-state index contributed by atoms with van der Waals surface area (Å²) >= 11 is 0. The molecule has 1 aromatic carbocycles. The molecule has 1 aliphatic heterocycles. The first-order valence-corrected chi connectivity index (χ1v) is 6.19. The molecule has 0 aliphatic carbocycles. The van der Waals surface area contributed by atoms with Gasteiger partial charge in [-0.25, -0.2) is 4.79 Å². The fourth-order valence-electron chi connectivity index (χ4n) is 2.08. The van der Waals surface area contributed by atoms with Crippen molar-refractivity contribution in [3.63, 3.8) is 0 Å². The van der Waals surface area contributed by atoms with Crippen LogP contribution >= 0.6 is 0 Å².